The summed E-state index contributed by atoms with van der Waals surface area (Å²) in [6, 6.07) is 4.39. The molecule has 14 heteroatoms. The number of alkyl carbamates (subject to hydrolysis) is 1. The maximum absolute atomic E-state index is 14.5. The Bertz CT molecular complexity index is 1960. The zero-order valence-corrected chi connectivity index (χ0v) is 33.3. The first-order valence-corrected chi connectivity index (χ1v) is 20.8. The van der Waals surface area contributed by atoms with E-state index in [1.165, 1.54) is 30.6 Å². The molecule has 2 saturated carbocycles. The third kappa shape index (κ3) is 8.24. The summed E-state index contributed by atoms with van der Waals surface area (Å²) in [7, 11) is 0. The van der Waals surface area contributed by atoms with Crippen molar-refractivity contribution in [2.75, 3.05) is 6.54 Å². The van der Waals surface area contributed by atoms with Crippen molar-refractivity contribution < 1.29 is 33.8 Å². The van der Waals surface area contributed by atoms with Crippen molar-refractivity contribution in [3.63, 3.8) is 0 Å². The van der Waals surface area contributed by atoms with E-state index in [2.05, 4.69) is 29.9 Å². The van der Waals surface area contributed by atoms with Gasteiger partial charge in [-0.25, -0.2) is 14.6 Å². The molecule has 0 unspecified atom stereocenters. The number of carbonyl (C=O) groups is 4. The summed E-state index contributed by atoms with van der Waals surface area (Å²) in [6.45, 7) is 9.40. The van der Waals surface area contributed by atoms with E-state index in [9.17, 15) is 24.3 Å². The number of hydrogen-bond donors (Lipinski definition) is 3. The number of thiazole rings is 1. The van der Waals surface area contributed by atoms with Gasteiger partial charge in [-0.3, -0.25) is 14.2 Å². The van der Waals surface area contributed by atoms with E-state index in [1.807, 2.05) is 34.9 Å². The van der Waals surface area contributed by atoms with Gasteiger partial charge in [0.25, 0.3) is 6.01 Å². The summed E-state index contributed by atoms with van der Waals surface area (Å²) in [5, 5.41) is 18.9. The number of hydrogen-bond acceptors (Lipinski definition) is 9. The van der Waals surface area contributed by atoms with Crippen LogP contribution in [0, 0.1) is 5.92 Å². The molecule has 2 aliphatic heterocycles. The number of nitrogens with zero attached hydrogens (tertiary/aromatic N) is 4. The number of fused-ring (bicyclic) bond motifs is 3. The summed E-state index contributed by atoms with van der Waals surface area (Å²) < 4.78 is 14.2. The lowest BCUT2D eigenvalue weighted by Crippen LogP contribution is -2.56. The minimum atomic E-state index is -1.44. The van der Waals surface area contributed by atoms with Crippen LogP contribution in [0.4, 0.5) is 4.79 Å². The number of ether oxygens (including phenoxy) is 2. The van der Waals surface area contributed by atoms with Crippen LogP contribution < -0.4 is 15.4 Å². The van der Waals surface area contributed by atoms with E-state index in [0.29, 0.717) is 24.8 Å². The molecule has 3 aromatic rings. The first-order chi connectivity index (χ1) is 26.2. The first-order valence-electron chi connectivity index (χ1n) is 19.9. The van der Waals surface area contributed by atoms with Crippen LogP contribution in [0.2, 0.25) is 0 Å². The number of nitrogens with one attached hydrogen (secondary N) is 2. The highest BCUT2D eigenvalue weighted by molar-refractivity contribution is 7.13. The standard InChI is InChI=1S/C41H54N6O7S/c1-24(2)47-31-19-13-17-28(35-42-30(23-55-35)25-14-11-12-15-25)33(31)44-38(47)53-27-20-32-34(48)45-41(37(50)51)21-26(41)16-9-7-6-8-10-18-29(36(49)46(32)22-27)43-39(52)54-40(3,4)5/h9,13,16-17,19,23-27,29,32H,6-8,10-12,14-15,18,20-22H2,1-5H3,(H,43,52)(H,45,48)(H,50,51)/b16-9-/t26-,27-,29+,32+,41-/m1/s1. The Morgan fingerprint density at radius 2 is 1.84 bits per heavy atom. The van der Waals surface area contributed by atoms with Gasteiger partial charge in [0, 0.05) is 35.2 Å². The molecule has 1 aromatic carbocycles. The Balaban J connectivity index is 1.20. The zero-order chi connectivity index (χ0) is 39.1. The zero-order valence-electron chi connectivity index (χ0n) is 32.5. The Morgan fingerprint density at radius 3 is 2.56 bits per heavy atom. The van der Waals surface area contributed by atoms with Gasteiger partial charge in [0.15, 0.2) is 0 Å². The maximum atomic E-state index is 14.5. The van der Waals surface area contributed by atoms with Crippen LogP contribution in [0.3, 0.4) is 0 Å². The number of carbonyl (C=O) groups excluding carboxylic acids is 3. The lowest BCUT2D eigenvalue weighted by atomic mass is 10.0. The third-order valence-corrected chi connectivity index (χ3v) is 12.2. The van der Waals surface area contributed by atoms with E-state index in [0.717, 1.165) is 46.6 Å². The molecule has 3 N–H and O–H groups in total. The quantitative estimate of drug-likeness (QED) is 0.212. The Labute approximate surface area is 326 Å². The van der Waals surface area contributed by atoms with Crippen molar-refractivity contribution in [2.24, 2.45) is 5.92 Å². The minimum absolute atomic E-state index is 0.0323. The van der Waals surface area contributed by atoms with Crippen molar-refractivity contribution in [3.8, 4) is 16.6 Å². The predicted octanol–water partition coefficient (Wildman–Crippen LogP) is 7.12. The van der Waals surface area contributed by atoms with Gasteiger partial charge in [-0.15, -0.1) is 11.3 Å². The first kappa shape index (κ1) is 38.8. The van der Waals surface area contributed by atoms with Gasteiger partial charge < -0.3 is 30.1 Å². The summed E-state index contributed by atoms with van der Waals surface area (Å²) in [6.07, 6.45) is 11.1. The molecule has 2 aromatic heterocycles. The van der Waals surface area contributed by atoms with Gasteiger partial charge >= 0.3 is 12.1 Å². The van der Waals surface area contributed by atoms with Gasteiger partial charge in [-0.2, -0.15) is 4.98 Å². The van der Waals surface area contributed by atoms with E-state index in [4.69, 9.17) is 19.4 Å². The SMILES string of the molecule is CC(C)n1c(O[C@@H]2C[C@H]3C(=O)N[C@]4(C(=O)O)C[C@H]4/C=C\CCCCC[C@H](NC(=O)OC(C)(C)C)C(=O)N3C2)nc2c(-c3nc(C4CCCC4)cs3)cccc21. The predicted molar refractivity (Wildman–Crippen MR) is 209 cm³/mol. The fourth-order valence-corrected chi connectivity index (χ4v) is 9.34. The summed E-state index contributed by atoms with van der Waals surface area (Å²) >= 11 is 1.63. The Morgan fingerprint density at radius 1 is 1.07 bits per heavy atom. The molecule has 3 amide bonds. The van der Waals surface area contributed by atoms with Crippen LogP contribution in [-0.2, 0) is 19.1 Å². The average Bonchev–Trinajstić information content (AvgIpc) is 3.71. The molecule has 1 saturated heterocycles. The highest BCUT2D eigenvalue weighted by Gasteiger charge is 2.61. The second-order valence-electron chi connectivity index (χ2n) is 16.9. The number of amides is 3. The normalized spacial score (nSPS) is 27.2. The number of imidazole rings is 1. The number of benzene rings is 1. The number of carboxylic acids is 1. The molecule has 0 bridgehead atoms. The van der Waals surface area contributed by atoms with Crippen molar-refractivity contribution in [1.82, 2.24) is 30.1 Å². The molecule has 55 heavy (non-hydrogen) atoms. The van der Waals surface area contributed by atoms with E-state index < -0.39 is 53.2 Å². The molecule has 2 aliphatic carbocycles. The summed E-state index contributed by atoms with van der Waals surface area (Å²) in [5.41, 5.74) is 1.50. The van der Waals surface area contributed by atoms with Gasteiger partial charge in [-0.1, -0.05) is 43.9 Å². The number of allylic oxidation sites excluding steroid dienone is 1. The molecule has 296 valence electrons. The number of aliphatic carboxylic acids is 1. The van der Waals surface area contributed by atoms with Crippen LogP contribution in [-0.4, -0.2) is 84.3 Å². The van der Waals surface area contributed by atoms with Gasteiger partial charge in [0.2, 0.25) is 11.8 Å². The lowest BCUT2D eigenvalue weighted by molar-refractivity contribution is -0.145. The van der Waals surface area contributed by atoms with Crippen LogP contribution in [0.5, 0.6) is 6.01 Å². The molecule has 13 nitrogen and oxygen atoms in total. The molecular weight excluding hydrogens is 721 g/mol. The molecule has 0 radical (unpaired) electrons. The topological polar surface area (TPSA) is 165 Å². The molecule has 5 atom stereocenters. The smallest absolute Gasteiger partial charge is 0.408 e. The van der Waals surface area contributed by atoms with Crippen molar-refractivity contribution >= 4 is 46.2 Å². The average molecular weight is 775 g/mol. The Kier molecular flexibility index (Phi) is 11.0. The largest absolute Gasteiger partial charge is 0.479 e. The van der Waals surface area contributed by atoms with Crippen LogP contribution in [0.25, 0.3) is 21.6 Å². The summed E-state index contributed by atoms with van der Waals surface area (Å²) in [4.78, 5) is 65.8. The van der Waals surface area contributed by atoms with Gasteiger partial charge in [0.1, 0.15) is 39.9 Å². The van der Waals surface area contributed by atoms with E-state index in [1.54, 1.807) is 32.1 Å². The number of carboxylic acid groups (broad SMARTS) is 1. The minimum Gasteiger partial charge on any atom is -0.479 e. The van der Waals surface area contributed by atoms with Gasteiger partial charge in [0.05, 0.1) is 17.8 Å². The van der Waals surface area contributed by atoms with E-state index in [-0.39, 0.29) is 31.3 Å². The number of aromatic nitrogens is 3. The van der Waals surface area contributed by atoms with Gasteiger partial charge in [-0.05, 0) is 85.3 Å². The third-order valence-electron chi connectivity index (χ3n) is 11.3. The molecular formula is C41H54N6O7S. The fraction of sp³-hybridized carbons (Fsp3) is 0.610. The van der Waals surface area contributed by atoms with Crippen molar-refractivity contribution in [3.05, 3.63) is 41.4 Å². The second kappa shape index (κ2) is 15.6. The molecule has 3 fully saturated rings. The maximum Gasteiger partial charge on any atom is 0.408 e. The highest BCUT2D eigenvalue weighted by Crippen LogP contribution is 2.46. The fourth-order valence-electron chi connectivity index (χ4n) is 8.42. The molecule has 4 aliphatic rings. The van der Waals surface area contributed by atoms with E-state index >= 15 is 0 Å². The lowest BCUT2D eigenvalue weighted by Gasteiger charge is -2.30. The van der Waals surface area contributed by atoms with Crippen molar-refractivity contribution in [2.45, 2.75) is 147 Å². The molecule has 4 heterocycles. The number of para-hydroxylation sites is 1. The van der Waals surface area contributed by atoms with Crippen LogP contribution in [0.1, 0.15) is 123 Å². The molecule has 7 rings (SSSR count). The highest BCUT2D eigenvalue weighted by atomic mass is 32.1. The van der Waals surface area contributed by atoms with Crippen LogP contribution in [0.15, 0.2) is 35.7 Å². The second-order valence-corrected chi connectivity index (χ2v) is 17.8. The summed E-state index contributed by atoms with van der Waals surface area (Å²) in [5.74, 6) is -1.96. The monoisotopic (exact) mass is 774 g/mol. The molecule has 0 spiro atoms. The Hall–Kier alpha value is -4.46. The van der Waals surface area contributed by atoms with Crippen molar-refractivity contribution in [1.29, 1.82) is 0 Å². The number of rotatable bonds is 7. The van der Waals surface area contributed by atoms with Crippen LogP contribution >= 0.6 is 11.3 Å².